The van der Waals surface area contributed by atoms with Crippen molar-refractivity contribution in [1.82, 2.24) is 39.8 Å². The summed E-state index contributed by atoms with van der Waals surface area (Å²) in [7, 11) is 0. The normalized spacial score (nSPS) is 18.1. The Hall–Kier alpha value is -3.81. The molecule has 0 saturated carbocycles. The van der Waals surface area contributed by atoms with Gasteiger partial charge >= 0.3 is 0 Å². The first-order chi connectivity index (χ1) is 17.6. The third-order valence-electron chi connectivity index (χ3n) is 7.37. The molecule has 0 spiro atoms. The van der Waals surface area contributed by atoms with Gasteiger partial charge in [0.1, 0.15) is 34.7 Å². The van der Waals surface area contributed by atoms with E-state index >= 15 is 0 Å². The fourth-order valence-corrected chi connectivity index (χ4v) is 5.32. The molecule has 0 bridgehead atoms. The van der Waals surface area contributed by atoms with Crippen molar-refractivity contribution >= 4 is 5.52 Å². The number of aromatic nitrogens is 6. The van der Waals surface area contributed by atoms with E-state index in [2.05, 4.69) is 48.3 Å². The minimum absolute atomic E-state index is 0.306. The number of nitrogens with zero attached hydrogens (tertiary/aromatic N) is 8. The second-order valence-electron chi connectivity index (χ2n) is 9.63. The third kappa shape index (κ3) is 4.00. The lowest BCUT2D eigenvalue weighted by molar-refractivity contribution is 0.0373. The Labute approximate surface area is 209 Å². The minimum Gasteiger partial charge on any atom is -0.482 e. The van der Waals surface area contributed by atoms with Crippen molar-refractivity contribution in [2.45, 2.75) is 44.9 Å². The van der Waals surface area contributed by atoms with Crippen LogP contribution in [-0.4, -0.2) is 66.7 Å². The lowest BCUT2D eigenvalue weighted by Crippen LogP contribution is -2.55. The van der Waals surface area contributed by atoms with Crippen LogP contribution in [0.25, 0.3) is 16.8 Å². The van der Waals surface area contributed by atoms with E-state index in [1.807, 2.05) is 37.4 Å². The van der Waals surface area contributed by atoms with Gasteiger partial charge < -0.3 is 10.1 Å². The van der Waals surface area contributed by atoms with Crippen LogP contribution < -0.4 is 10.1 Å². The van der Waals surface area contributed by atoms with Crippen LogP contribution in [0.4, 0.5) is 0 Å². The predicted octanol–water partition coefficient (Wildman–Crippen LogP) is 2.92. The molecule has 10 heteroatoms. The fourth-order valence-electron chi connectivity index (χ4n) is 5.32. The first-order valence-corrected chi connectivity index (χ1v) is 12.5. The number of piperidine rings is 1. The van der Waals surface area contributed by atoms with Crippen molar-refractivity contribution < 1.29 is 4.74 Å². The molecule has 0 unspecified atom stereocenters. The van der Waals surface area contributed by atoms with E-state index in [1.54, 1.807) is 16.9 Å². The van der Waals surface area contributed by atoms with Gasteiger partial charge in [-0.05, 0) is 58.0 Å². The average Bonchev–Trinajstić information content (AvgIpc) is 3.48. The summed E-state index contributed by atoms with van der Waals surface area (Å²) in [5.41, 5.74) is 4.55. The highest BCUT2D eigenvalue weighted by Crippen LogP contribution is 2.34. The molecule has 6 heterocycles. The zero-order valence-corrected chi connectivity index (χ0v) is 20.5. The summed E-state index contributed by atoms with van der Waals surface area (Å²) in [6.45, 7) is 8.23. The van der Waals surface area contributed by atoms with Crippen molar-refractivity contribution in [3.8, 4) is 23.1 Å². The number of nitriles is 1. The molecule has 1 atom stereocenters. The summed E-state index contributed by atoms with van der Waals surface area (Å²) < 4.78 is 10.1. The molecule has 1 N–H and O–H groups in total. The van der Waals surface area contributed by atoms with Crippen LogP contribution in [0.1, 0.15) is 48.9 Å². The average molecular weight is 484 g/mol. The zero-order chi connectivity index (χ0) is 24.6. The van der Waals surface area contributed by atoms with Crippen molar-refractivity contribution in [1.29, 1.82) is 5.26 Å². The number of ether oxygens (including phenoxy) is 1. The topological polar surface area (TPSA) is 109 Å². The second kappa shape index (κ2) is 9.33. The maximum atomic E-state index is 9.64. The standard InChI is InChI=1S/C26H29N9O/c1-17-25(31-32-35(17)22-15-33(16-22)21-6-9-28-10-7-21)19-11-24(26-20(12-27)13-30-34(26)14-19)36-18(2)23-5-3-4-8-29-23/h3-5,8,11,13-14,18,21-22,28H,6-7,9-10,15-16H2,1-2H3/t18-/m1/s1. The molecule has 10 nitrogen and oxygen atoms in total. The highest BCUT2D eigenvalue weighted by atomic mass is 16.5. The molecular formula is C26H29N9O. The molecule has 0 radical (unpaired) electrons. The number of hydrogen-bond acceptors (Lipinski definition) is 8. The molecule has 2 saturated heterocycles. The van der Waals surface area contributed by atoms with Crippen molar-refractivity contribution in [3.63, 3.8) is 0 Å². The maximum Gasteiger partial charge on any atom is 0.148 e. The Bertz CT molecular complexity index is 1410. The van der Waals surface area contributed by atoms with Gasteiger partial charge in [-0.1, -0.05) is 11.3 Å². The molecule has 4 aromatic rings. The van der Waals surface area contributed by atoms with Crippen LogP contribution in [0, 0.1) is 18.3 Å². The highest BCUT2D eigenvalue weighted by Gasteiger charge is 2.35. The number of hydrogen-bond donors (Lipinski definition) is 1. The summed E-state index contributed by atoms with van der Waals surface area (Å²) in [4.78, 5) is 6.98. The largest absolute Gasteiger partial charge is 0.482 e. The highest BCUT2D eigenvalue weighted by molar-refractivity contribution is 5.74. The van der Waals surface area contributed by atoms with E-state index in [4.69, 9.17) is 4.74 Å². The number of likely N-dealkylation sites (tertiary alicyclic amines) is 1. The van der Waals surface area contributed by atoms with Crippen LogP contribution in [0.5, 0.6) is 5.75 Å². The van der Waals surface area contributed by atoms with Crippen LogP contribution >= 0.6 is 0 Å². The Morgan fingerprint density at radius 3 is 2.78 bits per heavy atom. The van der Waals surface area contributed by atoms with E-state index in [0.29, 0.717) is 28.9 Å². The van der Waals surface area contributed by atoms with Crippen LogP contribution in [0.2, 0.25) is 0 Å². The summed E-state index contributed by atoms with van der Waals surface area (Å²) >= 11 is 0. The molecule has 0 amide bonds. The smallest absolute Gasteiger partial charge is 0.148 e. The van der Waals surface area contributed by atoms with E-state index in [1.165, 1.54) is 12.8 Å². The molecule has 36 heavy (non-hydrogen) atoms. The van der Waals surface area contributed by atoms with E-state index in [-0.39, 0.29) is 6.10 Å². The van der Waals surface area contributed by atoms with Gasteiger partial charge in [-0.15, -0.1) is 5.10 Å². The molecule has 2 aliphatic rings. The molecule has 6 rings (SSSR count). The summed E-state index contributed by atoms with van der Waals surface area (Å²) in [5.74, 6) is 0.564. The second-order valence-corrected chi connectivity index (χ2v) is 9.63. The van der Waals surface area contributed by atoms with Crippen LogP contribution in [0.3, 0.4) is 0 Å². The van der Waals surface area contributed by atoms with E-state index in [9.17, 15) is 5.26 Å². The molecule has 4 aromatic heterocycles. The lowest BCUT2D eigenvalue weighted by atomic mass is 9.98. The van der Waals surface area contributed by atoms with Crippen LogP contribution in [-0.2, 0) is 0 Å². The zero-order valence-electron chi connectivity index (χ0n) is 20.5. The maximum absolute atomic E-state index is 9.64. The molecular weight excluding hydrogens is 454 g/mol. The lowest BCUT2D eigenvalue weighted by Gasteiger charge is -2.45. The van der Waals surface area contributed by atoms with Gasteiger partial charge in [0.15, 0.2) is 0 Å². The van der Waals surface area contributed by atoms with Crippen molar-refractivity contribution in [2.24, 2.45) is 0 Å². The summed E-state index contributed by atoms with van der Waals surface area (Å²) in [6, 6.07) is 10.9. The quantitative estimate of drug-likeness (QED) is 0.446. The van der Waals surface area contributed by atoms with Gasteiger partial charge in [-0.25, -0.2) is 9.20 Å². The third-order valence-corrected chi connectivity index (χ3v) is 7.37. The fraction of sp³-hybridized carbons (Fsp3) is 0.423. The van der Waals surface area contributed by atoms with Gasteiger partial charge in [0, 0.05) is 37.1 Å². The SMILES string of the molecule is Cc1c(-c2cc(O[C@H](C)c3ccccn3)c3c(C#N)cnn3c2)nnn1C1CN(C2CCNCC2)C1. The van der Waals surface area contributed by atoms with Crippen molar-refractivity contribution in [3.05, 3.63) is 59.8 Å². The van der Waals surface area contributed by atoms with Gasteiger partial charge in [-0.2, -0.15) is 10.4 Å². The summed E-state index contributed by atoms with van der Waals surface area (Å²) in [5, 5.41) is 26.6. The van der Waals surface area contributed by atoms with E-state index < -0.39 is 0 Å². The molecule has 0 aliphatic carbocycles. The van der Waals surface area contributed by atoms with Gasteiger partial charge in [0.25, 0.3) is 0 Å². The molecule has 2 fully saturated rings. The first-order valence-electron chi connectivity index (χ1n) is 12.5. The number of nitrogens with one attached hydrogen (secondary N) is 1. The molecule has 2 aliphatic heterocycles. The number of fused-ring (bicyclic) bond motifs is 1. The van der Waals surface area contributed by atoms with Gasteiger partial charge in [-0.3, -0.25) is 9.88 Å². The Morgan fingerprint density at radius 2 is 2.03 bits per heavy atom. The predicted molar refractivity (Wildman–Crippen MR) is 133 cm³/mol. The minimum atomic E-state index is -0.306. The Morgan fingerprint density at radius 1 is 1.19 bits per heavy atom. The summed E-state index contributed by atoms with van der Waals surface area (Å²) in [6.07, 6.45) is 7.31. The monoisotopic (exact) mass is 483 g/mol. The van der Waals surface area contributed by atoms with Crippen LogP contribution in [0.15, 0.2) is 42.9 Å². The number of rotatable bonds is 6. The first kappa shape index (κ1) is 22.6. The van der Waals surface area contributed by atoms with E-state index in [0.717, 1.165) is 48.8 Å². The number of pyridine rings is 2. The van der Waals surface area contributed by atoms with Gasteiger partial charge in [0.05, 0.1) is 23.6 Å². The Balaban J connectivity index is 1.29. The molecule has 184 valence electrons. The van der Waals surface area contributed by atoms with Crippen molar-refractivity contribution in [2.75, 3.05) is 26.2 Å². The van der Waals surface area contributed by atoms with Gasteiger partial charge in [0.2, 0.25) is 0 Å². The Kier molecular flexibility index (Phi) is 5.87. The molecule has 0 aromatic carbocycles.